The number of aromatic nitrogens is 2. The van der Waals surface area contributed by atoms with Crippen molar-refractivity contribution in [1.82, 2.24) is 20.0 Å². The van der Waals surface area contributed by atoms with Crippen molar-refractivity contribution in [2.45, 2.75) is 26.8 Å². The number of carbonyl (C=O) groups is 1. The van der Waals surface area contributed by atoms with E-state index in [1.54, 1.807) is 11.8 Å². The minimum Gasteiger partial charge on any atom is -0.496 e. The van der Waals surface area contributed by atoms with Crippen molar-refractivity contribution in [3.63, 3.8) is 0 Å². The third-order valence-corrected chi connectivity index (χ3v) is 6.71. The van der Waals surface area contributed by atoms with Gasteiger partial charge < -0.3 is 19.9 Å². The van der Waals surface area contributed by atoms with Crippen LogP contribution in [0.15, 0.2) is 42.6 Å². The van der Waals surface area contributed by atoms with Gasteiger partial charge in [-0.2, -0.15) is 5.10 Å². The van der Waals surface area contributed by atoms with Crippen LogP contribution >= 0.6 is 0 Å². The molecule has 0 saturated carbocycles. The molecule has 0 aliphatic carbocycles. The highest BCUT2D eigenvalue weighted by Gasteiger charge is 2.20. The fraction of sp³-hybridized carbons (Fsp3) is 0.407. The van der Waals surface area contributed by atoms with E-state index in [-0.39, 0.29) is 11.9 Å². The van der Waals surface area contributed by atoms with Crippen LogP contribution in [-0.2, 0) is 7.05 Å². The quantitative estimate of drug-likeness (QED) is 0.602. The molecule has 1 amide bonds. The summed E-state index contributed by atoms with van der Waals surface area (Å²) in [6.45, 7) is 10.00. The maximum Gasteiger partial charge on any atom is 0.252 e. The number of likely N-dealkylation sites (N-methyl/N-ethyl adjacent to an activating group) is 1. The number of ether oxygens (including phenoxy) is 1. The average Bonchev–Trinajstić information content (AvgIpc) is 3.17. The molecule has 1 atom stereocenters. The van der Waals surface area contributed by atoms with Crippen molar-refractivity contribution < 1.29 is 9.53 Å². The molecule has 7 heteroatoms. The van der Waals surface area contributed by atoms with Gasteiger partial charge in [0.25, 0.3) is 5.91 Å². The van der Waals surface area contributed by atoms with Crippen molar-refractivity contribution in [3.05, 3.63) is 65.0 Å². The molecule has 2 aromatic carbocycles. The first-order chi connectivity index (χ1) is 16.3. The summed E-state index contributed by atoms with van der Waals surface area (Å²) in [5.74, 6) is 0.727. The number of hydrogen-bond acceptors (Lipinski definition) is 5. The Bertz CT molecular complexity index is 1180. The first-order valence-corrected chi connectivity index (χ1v) is 11.8. The Kier molecular flexibility index (Phi) is 6.93. The van der Waals surface area contributed by atoms with E-state index >= 15 is 0 Å². The van der Waals surface area contributed by atoms with Crippen molar-refractivity contribution in [3.8, 4) is 16.9 Å². The number of piperazine rings is 1. The molecular formula is C27H35N5O2. The third kappa shape index (κ3) is 4.94. The van der Waals surface area contributed by atoms with Crippen LogP contribution in [-0.4, -0.2) is 60.9 Å². The molecule has 1 aromatic heterocycles. The van der Waals surface area contributed by atoms with Crippen LogP contribution in [0.3, 0.4) is 0 Å². The molecule has 1 saturated heterocycles. The second kappa shape index (κ2) is 9.89. The average molecular weight is 462 g/mol. The Hall–Kier alpha value is -3.32. The molecule has 1 fully saturated rings. The van der Waals surface area contributed by atoms with Crippen LogP contribution in [0.4, 0.5) is 5.69 Å². The molecule has 180 valence electrons. The van der Waals surface area contributed by atoms with Crippen molar-refractivity contribution in [2.75, 3.05) is 45.2 Å². The van der Waals surface area contributed by atoms with Crippen LogP contribution < -0.4 is 15.0 Å². The number of anilines is 1. The second-order valence-corrected chi connectivity index (χ2v) is 9.25. The van der Waals surface area contributed by atoms with Gasteiger partial charge in [-0.1, -0.05) is 12.1 Å². The molecule has 0 spiro atoms. The van der Waals surface area contributed by atoms with Crippen LogP contribution in [0.25, 0.3) is 11.1 Å². The number of carbonyl (C=O) groups excluding carboxylic acids is 1. The van der Waals surface area contributed by atoms with Crippen LogP contribution in [0.2, 0.25) is 0 Å². The van der Waals surface area contributed by atoms with Gasteiger partial charge in [-0.05, 0) is 63.2 Å². The molecule has 0 radical (unpaired) electrons. The zero-order valence-corrected chi connectivity index (χ0v) is 21.1. The molecule has 1 aliphatic rings. The molecule has 1 N–H and O–H groups in total. The highest BCUT2D eigenvalue weighted by molar-refractivity contribution is 5.97. The maximum absolute atomic E-state index is 13.3. The molecule has 0 unspecified atom stereocenters. The minimum atomic E-state index is -0.166. The molecule has 1 aliphatic heterocycles. The summed E-state index contributed by atoms with van der Waals surface area (Å²) in [5.41, 5.74) is 6.75. The lowest BCUT2D eigenvalue weighted by Gasteiger charge is -2.34. The predicted molar refractivity (Wildman–Crippen MR) is 137 cm³/mol. The fourth-order valence-corrected chi connectivity index (χ4v) is 4.54. The summed E-state index contributed by atoms with van der Waals surface area (Å²) in [7, 11) is 5.73. The monoisotopic (exact) mass is 461 g/mol. The minimum absolute atomic E-state index is 0.0593. The van der Waals surface area contributed by atoms with Gasteiger partial charge in [0.05, 0.1) is 18.8 Å². The number of nitrogens with zero attached hydrogens (tertiary/aromatic N) is 4. The molecule has 7 nitrogen and oxygen atoms in total. The lowest BCUT2D eigenvalue weighted by molar-refractivity contribution is 0.0939. The predicted octanol–water partition coefficient (Wildman–Crippen LogP) is 3.96. The zero-order valence-electron chi connectivity index (χ0n) is 21.1. The number of methoxy groups -OCH3 is 1. The van der Waals surface area contributed by atoms with Gasteiger partial charge in [0.2, 0.25) is 0 Å². The smallest absolute Gasteiger partial charge is 0.252 e. The van der Waals surface area contributed by atoms with E-state index in [0.29, 0.717) is 0 Å². The van der Waals surface area contributed by atoms with Crippen LogP contribution in [0.5, 0.6) is 5.75 Å². The van der Waals surface area contributed by atoms with Gasteiger partial charge in [-0.3, -0.25) is 9.48 Å². The Morgan fingerprint density at radius 3 is 2.41 bits per heavy atom. The second-order valence-electron chi connectivity index (χ2n) is 9.25. The van der Waals surface area contributed by atoms with E-state index < -0.39 is 0 Å². The number of aryl methyl sites for hydroxylation is 3. The normalized spacial score (nSPS) is 15.3. The number of benzene rings is 2. The van der Waals surface area contributed by atoms with E-state index in [0.717, 1.165) is 71.1 Å². The Labute approximate surface area is 202 Å². The van der Waals surface area contributed by atoms with Crippen LogP contribution in [0.1, 0.15) is 40.1 Å². The number of nitrogens with one attached hydrogen (secondary N) is 1. The van der Waals surface area contributed by atoms with Crippen molar-refractivity contribution in [2.24, 2.45) is 7.05 Å². The zero-order chi connectivity index (χ0) is 24.4. The maximum atomic E-state index is 13.3. The SMILES string of the molecule is COc1ccc([C@@H](C)NC(=O)c2cc(N3CCN(C)CC3)ccc2C)cc1-c1cn(C)nc1C. The summed E-state index contributed by atoms with van der Waals surface area (Å²) in [5, 5.41) is 7.67. The highest BCUT2D eigenvalue weighted by atomic mass is 16.5. The summed E-state index contributed by atoms with van der Waals surface area (Å²) in [4.78, 5) is 18.0. The van der Waals surface area contributed by atoms with E-state index in [9.17, 15) is 4.79 Å². The first kappa shape index (κ1) is 23.8. The van der Waals surface area contributed by atoms with Gasteiger partial charge in [0.15, 0.2) is 0 Å². The lowest BCUT2D eigenvalue weighted by Crippen LogP contribution is -2.44. The Balaban J connectivity index is 1.55. The number of hydrogen-bond donors (Lipinski definition) is 1. The topological polar surface area (TPSA) is 62.6 Å². The summed E-state index contributed by atoms with van der Waals surface area (Å²) >= 11 is 0. The molecule has 0 bridgehead atoms. The van der Waals surface area contributed by atoms with Gasteiger partial charge in [0, 0.05) is 61.8 Å². The van der Waals surface area contributed by atoms with Gasteiger partial charge in [-0.15, -0.1) is 0 Å². The van der Waals surface area contributed by atoms with Crippen LogP contribution in [0, 0.1) is 13.8 Å². The van der Waals surface area contributed by atoms with E-state index in [1.807, 2.05) is 58.3 Å². The molecule has 34 heavy (non-hydrogen) atoms. The molecule has 4 rings (SSSR count). The highest BCUT2D eigenvalue weighted by Crippen LogP contribution is 2.34. The molecule has 2 heterocycles. The first-order valence-electron chi connectivity index (χ1n) is 11.8. The number of amides is 1. The summed E-state index contributed by atoms with van der Waals surface area (Å²) in [6, 6.07) is 12.1. The third-order valence-electron chi connectivity index (χ3n) is 6.71. The Morgan fingerprint density at radius 1 is 1.03 bits per heavy atom. The van der Waals surface area contributed by atoms with Gasteiger partial charge in [-0.25, -0.2) is 0 Å². The fourth-order valence-electron chi connectivity index (χ4n) is 4.54. The summed E-state index contributed by atoms with van der Waals surface area (Å²) in [6.07, 6.45) is 1.99. The van der Waals surface area contributed by atoms with E-state index in [1.165, 1.54) is 0 Å². The summed E-state index contributed by atoms with van der Waals surface area (Å²) < 4.78 is 7.41. The number of rotatable bonds is 6. The largest absolute Gasteiger partial charge is 0.496 e. The van der Waals surface area contributed by atoms with Crippen molar-refractivity contribution >= 4 is 11.6 Å². The molecular weight excluding hydrogens is 426 g/mol. The van der Waals surface area contributed by atoms with E-state index in [2.05, 4.69) is 39.4 Å². The van der Waals surface area contributed by atoms with Gasteiger partial charge >= 0.3 is 0 Å². The van der Waals surface area contributed by atoms with Crippen molar-refractivity contribution in [1.29, 1.82) is 0 Å². The molecule has 3 aromatic rings. The lowest BCUT2D eigenvalue weighted by atomic mass is 9.99. The van der Waals surface area contributed by atoms with Gasteiger partial charge in [0.1, 0.15) is 5.75 Å². The standard InChI is InChI=1S/C27H35N5O2/c1-18-7-9-22(32-13-11-30(4)12-14-32)16-23(18)27(33)28-19(2)21-8-10-26(34-6)24(15-21)25-17-31(5)29-20(25)3/h7-10,15-17,19H,11-14H2,1-6H3,(H,28,33)/t19-/m1/s1. The Morgan fingerprint density at radius 2 is 1.76 bits per heavy atom. The van der Waals surface area contributed by atoms with E-state index in [4.69, 9.17) is 4.74 Å².